The second-order valence-corrected chi connectivity index (χ2v) is 8.28. The van der Waals surface area contributed by atoms with Gasteiger partial charge in [0.05, 0.1) is 0 Å². The van der Waals surface area contributed by atoms with Crippen molar-refractivity contribution in [2.24, 2.45) is 0 Å². The van der Waals surface area contributed by atoms with E-state index in [1.54, 1.807) is 17.0 Å². The van der Waals surface area contributed by atoms with Crippen molar-refractivity contribution in [3.05, 3.63) is 94.5 Å². The van der Waals surface area contributed by atoms with E-state index in [0.717, 1.165) is 16.7 Å². The number of fused-ring (bicyclic) bond motifs is 1. The second-order valence-electron chi connectivity index (χ2n) is 7.84. The number of ether oxygens (including phenoxy) is 2. The van der Waals surface area contributed by atoms with Gasteiger partial charge in [0.25, 0.3) is 5.91 Å². The van der Waals surface area contributed by atoms with Crippen LogP contribution in [0.15, 0.2) is 72.8 Å². The predicted molar refractivity (Wildman–Crippen MR) is 127 cm³/mol. The Bertz CT molecular complexity index is 1120. The van der Waals surface area contributed by atoms with Gasteiger partial charge in [-0.2, -0.15) is 0 Å². The molecule has 1 atom stereocenters. The van der Waals surface area contributed by atoms with E-state index in [9.17, 15) is 9.59 Å². The van der Waals surface area contributed by atoms with E-state index >= 15 is 0 Å². The van der Waals surface area contributed by atoms with E-state index in [2.05, 4.69) is 5.32 Å². The molecule has 33 heavy (non-hydrogen) atoms. The zero-order valence-corrected chi connectivity index (χ0v) is 19.0. The van der Waals surface area contributed by atoms with Gasteiger partial charge in [-0.3, -0.25) is 10.1 Å². The Morgan fingerprint density at radius 1 is 1.09 bits per heavy atom. The molecule has 2 amide bonds. The van der Waals surface area contributed by atoms with Gasteiger partial charge < -0.3 is 14.4 Å². The lowest BCUT2D eigenvalue weighted by Gasteiger charge is -2.23. The smallest absolute Gasteiger partial charge is 0.411 e. The molecular formula is C26H25ClN2O4. The van der Waals surface area contributed by atoms with Gasteiger partial charge in [0.15, 0.2) is 6.10 Å². The molecule has 7 heteroatoms. The number of carbonyl (C=O) groups excluding carboxylic acids is 2. The number of amides is 2. The molecule has 0 radical (unpaired) electrons. The minimum atomic E-state index is -0.562. The van der Waals surface area contributed by atoms with Gasteiger partial charge in [0.2, 0.25) is 0 Å². The maximum atomic E-state index is 13.1. The van der Waals surface area contributed by atoms with Gasteiger partial charge in [-0.1, -0.05) is 61.0 Å². The maximum absolute atomic E-state index is 13.1. The minimum absolute atomic E-state index is 0.0690. The van der Waals surface area contributed by atoms with Crippen molar-refractivity contribution in [3.8, 4) is 5.75 Å². The van der Waals surface area contributed by atoms with Crippen LogP contribution in [0.1, 0.15) is 30.0 Å². The molecule has 0 saturated carbocycles. The van der Waals surface area contributed by atoms with Crippen LogP contribution in [-0.2, 0) is 29.2 Å². The molecule has 0 aliphatic carbocycles. The summed E-state index contributed by atoms with van der Waals surface area (Å²) >= 11 is 5.99. The van der Waals surface area contributed by atoms with Crippen LogP contribution >= 0.6 is 11.6 Å². The molecule has 0 bridgehead atoms. The fourth-order valence-corrected chi connectivity index (χ4v) is 3.79. The monoisotopic (exact) mass is 464 g/mol. The Balaban J connectivity index is 1.48. The van der Waals surface area contributed by atoms with Crippen LogP contribution in [-0.4, -0.2) is 23.0 Å². The van der Waals surface area contributed by atoms with Crippen molar-refractivity contribution in [2.45, 2.75) is 39.1 Å². The van der Waals surface area contributed by atoms with Crippen molar-refractivity contribution in [1.29, 1.82) is 0 Å². The lowest BCUT2D eigenvalue weighted by molar-refractivity contribution is -0.139. The average Bonchev–Trinajstić information content (AvgIpc) is 2.96. The Labute approximate surface area is 198 Å². The molecule has 1 aliphatic rings. The molecule has 4 rings (SSSR count). The number of carbonyl (C=O) groups is 2. The third-order valence-electron chi connectivity index (χ3n) is 5.39. The van der Waals surface area contributed by atoms with Gasteiger partial charge in [0.1, 0.15) is 12.4 Å². The van der Waals surface area contributed by atoms with Crippen LogP contribution in [0.5, 0.6) is 5.75 Å². The Morgan fingerprint density at radius 3 is 2.58 bits per heavy atom. The number of anilines is 1. The highest BCUT2D eigenvalue weighted by atomic mass is 35.5. The van der Waals surface area contributed by atoms with Crippen molar-refractivity contribution in [3.63, 3.8) is 0 Å². The fourth-order valence-electron chi connectivity index (χ4n) is 3.67. The zero-order chi connectivity index (χ0) is 23.2. The summed E-state index contributed by atoms with van der Waals surface area (Å²) in [6.45, 7) is 2.91. The van der Waals surface area contributed by atoms with E-state index in [1.165, 1.54) is 0 Å². The Morgan fingerprint density at radius 2 is 1.85 bits per heavy atom. The summed E-state index contributed by atoms with van der Waals surface area (Å²) in [4.78, 5) is 27.1. The highest BCUT2D eigenvalue weighted by molar-refractivity contribution is 6.30. The standard InChI is InChI=1S/C26H25ClN2O4/c1-2-23-25(30)29(15-18-8-10-21(27)11-9-18)16-20-14-22(12-13-24(20)33-23)28-26(31)32-17-19-6-4-3-5-7-19/h3-14,23H,2,15-17H2,1H3,(H,28,31)/t23-/m1/s1. The second kappa shape index (κ2) is 10.4. The van der Waals surface area contributed by atoms with Crippen LogP contribution in [0.3, 0.4) is 0 Å². The summed E-state index contributed by atoms with van der Waals surface area (Å²) in [5.74, 6) is 0.567. The number of rotatable bonds is 6. The summed E-state index contributed by atoms with van der Waals surface area (Å²) in [6, 6.07) is 22.3. The molecule has 0 fully saturated rings. The zero-order valence-electron chi connectivity index (χ0n) is 18.3. The maximum Gasteiger partial charge on any atom is 0.411 e. The average molecular weight is 465 g/mol. The topological polar surface area (TPSA) is 67.9 Å². The number of nitrogens with zero attached hydrogens (tertiary/aromatic N) is 1. The van der Waals surface area contributed by atoms with Gasteiger partial charge >= 0.3 is 6.09 Å². The van der Waals surface area contributed by atoms with E-state index in [0.29, 0.717) is 36.0 Å². The predicted octanol–water partition coefficient (Wildman–Crippen LogP) is 5.79. The molecule has 170 valence electrons. The number of hydrogen-bond donors (Lipinski definition) is 1. The molecule has 3 aromatic rings. The number of nitrogens with one attached hydrogen (secondary N) is 1. The summed E-state index contributed by atoms with van der Waals surface area (Å²) in [5.41, 5.74) is 3.27. The normalized spacial score (nSPS) is 15.3. The molecule has 0 saturated heterocycles. The van der Waals surface area contributed by atoms with Crippen molar-refractivity contribution in [2.75, 3.05) is 5.32 Å². The molecule has 0 aromatic heterocycles. The Hall–Kier alpha value is -3.51. The lowest BCUT2D eigenvalue weighted by atomic mass is 10.1. The summed E-state index contributed by atoms with van der Waals surface area (Å²) < 4.78 is 11.3. The molecule has 1 aliphatic heterocycles. The van der Waals surface area contributed by atoms with Crippen LogP contribution in [0, 0.1) is 0 Å². The quantitative estimate of drug-likeness (QED) is 0.501. The SMILES string of the molecule is CC[C@H]1Oc2ccc(NC(=O)OCc3ccccc3)cc2CN(Cc2ccc(Cl)cc2)C1=O. The van der Waals surface area contributed by atoms with E-state index in [4.69, 9.17) is 21.1 Å². The van der Waals surface area contributed by atoms with Crippen LogP contribution in [0.25, 0.3) is 0 Å². The molecule has 1 heterocycles. The summed E-state index contributed by atoms with van der Waals surface area (Å²) in [5, 5.41) is 3.40. The van der Waals surface area contributed by atoms with Gasteiger partial charge in [-0.05, 0) is 47.9 Å². The first-order valence-electron chi connectivity index (χ1n) is 10.8. The first-order valence-corrected chi connectivity index (χ1v) is 11.2. The molecule has 0 spiro atoms. The van der Waals surface area contributed by atoms with Crippen LogP contribution < -0.4 is 10.1 Å². The Kier molecular flexibility index (Phi) is 7.15. The largest absolute Gasteiger partial charge is 0.480 e. The van der Waals surface area contributed by atoms with Crippen LogP contribution in [0.2, 0.25) is 5.02 Å². The summed E-state index contributed by atoms with van der Waals surface area (Å²) in [6.07, 6.45) is -0.552. The van der Waals surface area contributed by atoms with E-state index in [1.807, 2.05) is 67.6 Å². The first-order chi connectivity index (χ1) is 16.0. The molecule has 3 aromatic carbocycles. The molecule has 6 nitrogen and oxygen atoms in total. The fraction of sp³-hybridized carbons (Fsp3) is 0.231. The molecular weight excluding hydrogens is 440 g/mol. The van der Waals surface area contributed by atoms with E-state index < -0.39 is 12.2 Å². The lowest BCUT2D eigenvalue weighted by Crippen LogP contribution is -2.38. The van der Waals surface area contributed by atoms with E-state index in [-0.39, 0.29) is 12.5 Å². The van der Waals surface area contributed by atoms with Crippen molar-refractivity contribution >= 4 is 29.3 Å². The van der Waals surface area contributed by atoms with Crippen LogP contribution in [0.4, 0.5) is 10.5 Å². The highest BCUT2D eigenvalue weighted by Gasteiger charge is 2.30. The first kappa shape index (κ1) is 22.7. The number of benzene rings is 3. The molecule has 1 N–H and O–H groups in total. The van der Waals surface area contributed by atoms with Crippen molar-refractivity contribution in [1.82, 2.24) is 4.90 Å². The minimum Gasteiger partial charge on any atom is -0.480 e. The van der Waals surface area contributed by atoms with Crippen molar-refractivity contribution < 1.29 is 19.1 Å². The summed E-state index contributed by atoms with van der Waals surface area (Å²) in [7, 11) is 0. The third-order valence-corrected chi connectivity index (χ3v) is 5.65. The third kappa shape index (κ3) is 5.84. The van der Waals surface area contributed by atoms with Gasteiger partial charge in [-0.25, -0.2) is 4.79 Å². The number of halogens is 1. The van der Waals surface area contributed by atoms with Gasteiger partial charge in [0, 0.05) is 29.4 Å². The number of hydrogen-bond acceptors (Lipinski definition) is 4. The van der Waals surface area contributed by atoms with Gasteiger partial charge in [-0.15, -0.1) is 0 Å². The molecule has 0 unspecified atom stereocenters. The highest BCUT2D eigenvalue weighted by Crippen LogP contribution is 2.30.